The minimum Gasteiger partial charge on any atom is -0.308 e. The number of nitrogens with zero attached hydrogens (tertiary/aromatic N) is 2. The quantitative estimate of drug-likeness (QED) is 0.942. The highest BCUT2D eigenvalue weighted by Gasteiger charge is 2.20. The molecule has 0 amide bonds. The molecule has 2 aromatic rings. The minimum atomic E-state index is 0.712. The van der Waals surface area contributed by atoms with Crippen LogP contribution in [0.15, 0.2) is 28.2 Å². The monoisotopic (exact) mass is 309 g/mol. The third kappa shape index (κ3) is 2.91. The molecule has 1 saturated carbocycles. The molecule has 0 aliphatic heterocycles. The molecule has 0 aromatic carbocycles. The van der Waals surface area contributed by atoms with Crippen molar-refractivity contribution >= 4 is 27.3 Å². The number of nitrogens with one attached hydrogen (secondary N) is 1. The molecule has 1 aliphatic rings. The average Bonchev–Trinajstić information content (AvgIpc) is 3.08. The molecular formula is C12H12BrN3S. The van der Waals surface area contributed by atoms with Crippen LogP contribution in [0, 0.1) is 0 Å². The molecule has 0 saturated heterocycles. The second kappa shape index (κ2) is 4.84. The highest BCUT2D eigenvalue weighted by Crippen LogP contribution is 2.27. The summed E-state index contributed by atoms with van der Waals surface area (Å²) in [6.07, 6.45) is 4.44. The largest absolute Gasteiger partial charge is 0.308 e. The van der Waals surface area contributed by atoms with Crippen molar-refractivity contribution in [2.45, 2.75) is 25.4 Å². The Kier molecular flexibility index (Phi) is 3.22. The van der Waals surface area contributed by atoms with Crippen LogP contribution in [-0.2, 0) is 6.54 Å². The molecule has 88 valence electrons. The number of aromatic nitrogens is 2. The zero-order valence-corrected chi connectivity index (χ0v) is 11.6. The molecular weight excluding hydrogens is 298 g/mol. The zero-order chi connectivity index (χ0) is 11.7. The van der Waals surface area contributed by atoms with Gasteiger partial charge in [-0.05, 0) is 40.9 Å². The van der Waals surface area contributed by atoms with Crippen LogP contribution in [0.3, 0.4) is 0 Å². The van der Waals surface area contributed by atoms with Crippen LogP contribution in [0.4, 0.5) is 0 Å². The van der Waals surface area contributed by atoms with Crippen LogP contribution in [0.25, 0.3) is 10.7 Å². The summed E-state index contributed by atoms with van der Waals surface area (Å²) < 4.78 is 1.09. The Balaban J connectivity index is 1.77. The third-order valence-corrected chi connectivity index (χ3v) is 4.34. The van der Waals surface area contributed by atoms with Gasteiger partial charge in [-0.15, -0.1) is 11.3 Å². The SMILES string of the molecule is Brc1csc(-c2nccc(CNC3CC3)n2)c1. The first-order chi connectivity index (χ1) is 8.31. The van der Waals surface area contributed by atoms with Gasteiger partial charge in [0.15, 0.2) is 5.82 Å². The van der Waals surface area contributed by atoms with E-state index in [0.29, 0.717) is 6.04 Å². The van der Waals surface area contributed by atoms with Crippen LogP contribution in [-0.4, -0.2) is 16.0 Å². The molecule has 17 heavy (non-hydrogen) atoms. The molecule has 0 bridgehead atoms. The lowest BCUT2D eigenvalue weighted by Gasteiger charge is -2.03. The second-order valence-corrected chi connectivity index (χ2v) is 5.98. The van der Waals surface area contributed by atoms with Gasteiger partial charge in [0.25, 0.3) is 0 Å². The van der Waals surface area contributed by atoms with Crippen LogP contribution in [0.1, 0.15) is 18.5 Å². The number of rotatable bonds is 4. The molecule has 0 radical (unpaired) electrons. The second-order valence-electron chi connectivity index (χ2n) is 4.16. The number of halogens is 1. The van der Waals surface area contributed by atoms with Crippen molar-refractivity contribution < 1.29 is 0 Å². The summed E-state index contributed by atoms with van der Waals surface area (Å²) in [6.45, 7) is 0.840. The van der Waals surface area contributed by atoms with Gasteiger partial charge in [0.05, 0.1) is 10.6 Å². The lowest BCUT2D eigenvalue weighted by Crippen LogP contribution is -2.16. The molecule has 3 rings (SSSR count). The fourth-order valence-electron chi connectivity index (χ4n) is 1.58. The molecule has 5 heteroatoms. The number of hydrogen-bond donors (Lipinski definition) is 1. The topological polar surface area (TPSA) is 37.8 Å². The first-order valence-corrected chi connectivity index (χ1v) is 7.28. The normalized spacial score (nSPS) is 15.1. The van der Waals surface area contributed by atoms with Crippen LogP contribution in [0.2, 0.25) is 0 Å². The number of hydrogen-bond acceptors (Lipinski definition) is 4. The third-order valence-electron chi connectivity index (χ3n) is 2.65. The van der Waals surface area contributed by atoms with E-state index in [4.69, 9.17) is 0 Å². The molecule has 1 aliphatic carbocycles. The van der Waals surface area contributed by atoms with E-state index in [2.05, 4.69) is 37.3 Å². The molecule has 1 fully saturated rings. The van der Waals surface area contributed by atoms with Gasteiger partial charge >= 0.3 is 0 Å². The van der Waals surface area contributed by atoms with Gasteiger partial charge in [0, 0.05) is 28.6 Å². The van der Waals surface area contributed by atoms with Crippen LogP contribution < -0.4 is 5.32 Å². The average molecular weight is 310 g/mol. The van der Waals surface area contributed by atoms with Crippen molar-refractivity contribution in [3.8, 4) is 10.7 Å². The molecule has 0 unspecified atom stereocenters. The van der Waals surface area contributed by atoms with Gasteiger partial charge in [-0.2, -0.15) is 0 Å². The maximum Gasteiger partial charge on any atom is 0.169 e. The Labute approximate surface area is 112 Å². The van der Waals surface area contributed by atoms with E-state index in [1.165, 1.54) is 12.8 Å². The zero-order valence-electron chi connectivity index (χ0n) is 9.19. The van der Waals surface area contributed by atoms with Gasteiger partial charge in [0.2, 0.25) is 0 Å². The van der Waals surface area contributed by atoms with E-state index >= 15 is 0 Å². The summed E-state index contributed by atoms with van der Waals surface area (Å²) in [5, 5.41) is 5.51. The van der Waals surface area contributed by atoms with Crippen molar-refractivity contribution in [3.05, 3.63) is 33.9 Å². The van der Waals surface area contributed by atoms with Crippen molar-refractivity contribution in [2.24, 2.45) is 0 Å². The summed E-state index contributed by atoms with van der Waals surface area (Å²) in [5.74, 6) is 0.816. The fourth-order valence-corrected chi connectivity index (χ4v) is 2.95. The Morgan fingerprint density at radius 2 is 2.35 bits per heavy atom. The van der Waals surface area contributed by atoms with E-state index in [-0.39, 0.29) is 0 Å². The first kappa shape index (κ1) is 11.3. The van der Waals surface area contributed by atoms with Gasteiger partial charge < -0.3 is 5.32 Å². The molecule has 1 N–H and O–H groups in total. The van der Waals surface area contributed by atoms with Crippen molar-refractivity contribution in [3.63, 3.8) is 0 Å². The van der Waals surface area contributed by atoms with Crippen molar-refractivity contribution in [1.82, 2.24) is 15.3 Å². The van der Waals surface area contributed by atoms with Crippen molar-refractivity contribution in [2.75, 3.05) is 0 Å². The summed E-state index contributed by atoms with van der Waals surface area (Å²) in [5.41, 5.74) is 1.06. The molecule has 3 nitrogen and oxygen atoms in total. The van der Waals surface area contributed by atoms with Crippen LogP contribution >= 0.6 is 27.3 Å². The van der Waals surface area contributed by atoms with Gasteiger partial charge in [0.1, 0.15) is 0 Å². The van der Waals surface area contributed by atoms with E-state index < -0.39 is 0 Å². The predicted molar refractivity (Wildman–Crippen MR) is 72.9 cm³/mol. The maximum absolute atomic E-state index is 4.57. The smallest absolute Gasteiger partial charge is 0.169 e. The summed E-state index contributed by atoms with van der Waals surface area (Å²) in [6, 6.07) is 4.74. The van der Waals surface area contributed by atoms with E-state index in [1.54, 1.807) is 11.3 Å². The molecule has 2 aromatic heterocycles. The summed E-state index contributed by atoms with van der Waals surface area (Å²) in [7, 11) is 0. The molecule has 0 atom stereocenters. The van der Waals surface area contributed by atoms with Gasteiger partial charge in [-0.3, -0.25) is 0 Å². The van der Waals surface area contributed by atoms with E-state index in [9.17, 15) is 0 Å². The number of thiophene rings is 1. The van der Waals surface area contributed by atoms with E-state index in [0.717, 1.165) is 27.4 Å². The summed E-state index contributed by atoms with van der Waals surface area (Å²) in [4.78, 5) is 9.99. The molecule has 2 heterocycles. The Hall–Kier alpha value is -0.780. The van der Waals surface area contributed by atoms with Gasteiger partial charge in [-0.1, -0.05) is 0 Å². The Morgan fingerprint density at radius 1 is 1.47 bits per heavy atom. The lowest BCUT2D eigenvalue weighted by atomic mass is 10.3. The summed E-state index contributed by atoms with van der Waals surface area (Å²) >= 11 is 5.10. The van der Waals surface area contributed by atoms with Crippen molar-refractivity contribution in [1.29, 1.82) is 0 Å². The molecule has 0 spiro atoms. The Bertz CT molecular complexity index is 522. The highest BCUT2D eigenvalue weighted by molar-refractivity contribution is 9.10. The predicted octanol–water partition coefficient (Wildman–Crippen LogP) is 3.22. The van der Waals surface area contributed by atoms with E-state index in [1.807, 2.05) is 17.6 Å². The van der Waals surface area contributed by atoms with Gasteiger partial charge in [-0.25, -0.2) is 9.97 Å². The highest BCUT2D eigenvalue weighted by atomic mass is 79.9. The standard InChI is InChI=1S/C12H12BrN3S/c13-8-5-11(17-7-8)12-14-4-3-10(16-12)6-15-9-1-2-9/h3-5,7,9,15H,1-2,6H2. The maximum atomic E-state index is 4.57. The minimum absolute atomic E-state index is 0.712. The Morgan fingerprint density at radius 3 is 3.06 bits per heavy atom. The van der Waals surface area contributed by atoms with Crippen LogP contribution in [0.5, 0.6) is 0 Å². The fraction of sp³-hybridized carbons (Fsp3) is 0.333. The lowest BCUT2D eigenvalue weighted by molar-refractivity contribution is 0.673. The first-order valence-electron chi connectivity index (χ1n) is 5.61.